The summed E-state index contributed by atoms with van der Waals surface area (Å²) in [5.74, 6) is -2.96. The molecule has 0 radical (unpaired) electrons. The lowest BCUT2D eigenvalue weighted by molar-refractivity contribution is -0.138. The molecule has 0 amide bonds. The molecule has 0 spiro atoms. The number of hydrogen-bond acceptors (Lipinski definition) is 6. The van der Waals surface area contributed by atoms with E-state index in [-0.39, 0.29) is 38.0 Å². The predicted molar refractivity (Wildman–Crippen MR) is 114 cm³/mol. The molecule has 0 aliphatic heterocycles. The van der Waals surface area contributed by atoms with E-state index in [1.54, 1.807) is 0 Å². The molecular weight excluding hydrogens is 396 g/mol. The van der Waals surface area contributed by atoms with Crippen molar-refractivity contribution < 1.29 is 39.6 Å². The Bertz CT molecular complexity index is 365. The number of carbonyl (C=O) groups is 4. The van der Waals surface area contributed by atoms with Gasteiger partial charge in [-0.3, -0.25) is 19.2 Å². The highest BCUT2D eigenvalue weighted by molar-refractivity contribution is 5.67. The highest BCUT2D eigenvalue weighted by atomic mass is 16.4. The second-order valence-electron chi connectivity index (χ2n) is 6.82. The number of unbranched alkanes of at least 4 members (excludes halogenated alkanes) is 10. The van der Waals surface area contributed by atoms with Gasteiger partial charge in [0.15, 0.2) is 0 Å². The van der Waals surface area contributed by atoms with Gasteiger partial charge in [0.25, 0.3) is 0 Å². The van der Waals surface area contributed by atoms with Gasteiger partial charge in [-0.15, -0.1) is 0 Å². The Morgan fingerprint density at radius 3 is 0.600 bits per heavy atom. The van der Waals surface area contributed by atoms with E-state index in [1.165, 1.54) is 0 Å². The van der Waals surface area contributed by atoms with Gasteiger partial charge in [-0.2, -0.15) is 0 Å². The van der Waals surface area contributed by atoms with Gasteiger partial charge in [-0.05, 0) is 25.7 Å². The van der Waals surface area contributed by atoms with Crippen molar-refractivity contribution in [3.05, 3.63) is 0 Å². The van der Waals surface area contributed by atoms with Crippen molar-refractivity contribution in [1.82, 2.24) is 12.3 Å². The average Bonchev–Trinajstić information content (AvgIpc) is 2.59. The number of carboxylic acid groups (broad SMARTS) is 4. The van der Waals surface area contributed by atoms with Crippen LogP contribution in [0.5, 0.6) is 0 Å². The number of hydrogen-bond donors (Lipinski definition) is 6. The molecule has 180 valence electrons. The van der Waals surface area contributed by atoms with Gasteiger partial charge in [-0.25, -0.2) is 0 Å². The zero-order chi connectivity index (χ0) is 21.6. The highest BCUT2D eigenvalue weighted by Crippen LogP contribution is 2.09. The molecular formula is C20H42N2O8. The van der Waals surface area contributed by atoms with Crippen LogP contribution in [-0.4, -0.2) is 44.3 Å². The number of rotatable bonds is 18. The van der Waals surface area contributed by atoms with E-state index in [1.807, 2.05) is 0 Å². The van der Waals surface area contributed by atoms with Gasteiger partial charge >= 0.3 is 23.9 Å². The van der Waals surface area contributed by atoms with Crippen LogP contribution in [0.4, 0.5) is 0 Å². The molecule has 10 heteroatoms. The minimum absolute atomic E-state index is 0. The molecule has 0 aromatic carbocycles. The normalized spacial score (nSPS) is 9.33. The van der Waals surface area contributed by atoms with Crippen molar-refractivity contribution in [1.29, 1.82) is 0 Å². The summed E-state index contributed by atoms with van der Waals surface area (Å²) in [6.07, 6.45) is 11.6. The summed E-state index contributed by atoms with van der Waals surface area (Å²) in [5, 5.41) is 33.4. The standard InChI is InChI=1S/2C10H18O4.2H3N/c2*11-9(12)7-5-3-1-2-4-6-8-10(13)14;;/h2*1-8H2,(H,11,12)(H,13,14);2*1H3. The fourth-order valence-electron chi connectivity index (χ4n) is 2.52. The molecule has 10 nitrogen and oxygen atoms in total. The molecule has 10 N–H and O–H groups in total. The third-order valence-electron chi connectivity index (χ3n) is 4.06. The van der Waals surface area contributed by atoms with Crippen LogP contribution in [-0.2, 0) is 19.2 Å². The minimum Gasteiger partial charge on any atom is -0.481 e. The summed E-state index contributed by atoms with van der Waals surface area (Å²) < 4.78 is 0. The maximum absolute atomic E-state index is 10.1. The first-order chi connectivity index (χ1) is 13.3. The first-order valence-corrected chi connectivity index (χ1v) is 10.1. The van der Waals surface area contributed by atoms with E-state index in [0.29, 0.717) is 0 Å². The van der Waals surface area contributed by atoms with Crippen molar-refractivity contribution in [2.75, 3.05) is 0 Å². The highest BCUT2D eigenvalue weighted by Gasteiger charge is 1.99. The maximum atomic E-state index is 10.1. The summed E-state index contributed by atoms with van der Waals surface area (Å²) in [5.41, 5.74) is 0. The van der Waals surface area contributed by atoms with Crippen LogP contribution < -0.4 is 12.3 Å². The lowest BCUT2D eigenvalue weighted by Crippen LogP contribution is -1.94. The smallest absolute Gasteiger partial charge is 0.303 e. The van der Waals surface area contributed by atoms with Crippen LogP contribution in [0.15, 0.2) is 0 Å². The molecule has 0 heterocycles. The summed E-state index contributed by atoms with van der Waals surface area (Å²) in [6.45, 7) is 0. The zero-order valence-corrected chi connectivity index (χ0v) is 18.1. The van der Waals surface area contributed by atoms with Crippen LogP contribution in [0.2, 0.25) is 0 Å². The zero-order valence-electron chi connectivity index (χ0n) is 18.1. The van der Waals surface area contributed by atoms with E-state index in [4.69, 9.17) is 20.4 Å². The summed E-state index contributed by atoms with van der Waals surface area (Å²) in [7, 11) is 0. The molecule has 0 aliphatic rings. The average molecular weight is 439 g/mol. The van der Waals surface area contributed by atoms with Crippen molar-refractivity contribution in [2.24, 2.45) is 0 Å². The van der Waals surface area contributed by atoms with E-state index in [0.717, 1.165) is 77.0 Å². The number of aliphatic carboxylic acids is 4. The third kappa shape index (κ3) is 40.5. The molecule has 0 aliphatic carbocycles. The lowest BCUT2D eigenvalue weighted by atomic mass is 10.1. The van der Waals surface area contributed by atoms with Crippen molar-refractivity contribution in [3.63, 3.8) is 0 Å². The molecule has 0 bridgehead atoms. The van der Waals surface area contributed by atoms with Crippen LogP contribution in [0.25, 0.3) is 0 Å². The Labute approximate surface area is 179 Å². The summed E-state index contributed by atoms with van der Waals surface area (Å²) >= 11 is 0. The number of carboxylic acids is 4. The molecule has 0 aromatic rings. The SMILES string of the molecule is N.N.O=C(O)CCCCCCCCC(=O)O.O=C(O)CCCCCCCCC(=O)O. The van der Waals surface area contributed by atoms with Gasteiger partial charge in [0.1, 0.15) is 0 Å². The van der Waals surface area contributed by atoms with Crippen molar-refractivity contribution in [3.8, 4) is 0 Å². The van der Waals surface area contributed by atoms with E-state index in [2.05, 4.69) is 0 Å². The topological polar surface area (TPSA) is 219 Å². The molecule has 0 saturated heterocycles. The lowest BCUT2D eigenvalue weighted by Gasteiger charge is -1.98. The molecule has 0 aromatic heterocycles. The predicted octanol–water partition coefficient (Wildman–Crippen LogP) is 4.88. The fraction of sp³-hybridized carbons (Fsp3) is 0.800. The Kier molecular flexibility index (Phi) is 31.5. The largest absolute Gasteiger partial charge is 0.481 e. The first kappa shape index (κ1) is 35.3. The molecule has 0 saturated carbocycles. The second kappa shape index (κ2) is 26.8. The maximum Gasteiger partial charge on any atom is 0.303 e. The minimum atomic E-state index is -0.740. The van der Waals surface area contributed by atoms with Gasteiger partial charge in [0.2, 0.25) is 0 Å². The van der Waals surface area contributed by atoms with Crippen LogP contribution >= 0.6 is 0 Å². The van der Waals surface area contributed by atoms with Gasteiger partial charge in [0.05, 0.1) is 0 Å². The van der Waals surface area contributed by atoms with E-state index < -0.39 is 23.9 Å². The molecule has 0 atom stereocenters. The molecule has 0 fully saturated rings. The summed E-state index contributed by atoms with van der Waals surface area (Å²) in [6, 6.07) is 0. The van der Waals surface area contributed by atoms with Crippen molar-refractivity contribution in [2.45, 2.75) is 103 Å². The van der Waals surface area contributed by atoms with Gasteiger partial charge in [-0.1, -0.05) is 51.4 Å². The van der Waals surface area contributed by atoms with Crippen molar-refractivity contribution >= 4 is 23.9 Å². The Balaban J connectivity index is -0.000000211. The fourth-order valence-corrected chi connectivity index (χ4v) is 2.52. The van der Waals surface area contributed by atoms with Gasteiger partial charge in [0, 0.05) is 25.7 Å². The van der Waals surface area contributed by atoms with Crippen LogP contribution in [0.3, 0.4) is 0 Å². The second-order valence-corrected chi connectivity index (χ2v) is 6.82. The Hall–Kier alpha value is -2.20. The Morgan fingerprint density at radius 2 is 0.467 bits per heavy atom. The quantitative estimate of drug-likeness (QED) is 0.159. The first-order valence-electron chi connectivity index (χ1n) is 10.1. The summed E-state index contributed by atoms with van der Waals surface area (Å²) in [4.78, 5) is 40.6. The van der Waals surface area contributed by atoms with Crippen LogP contribution in [0, 0.1) is 0 Å². The monoisotopic (exact) mass is 438 g/mol. The Morgan fingerprint density at radius 1 is 0.333 bits per heavy atom. The molecule has 0 rings (SSSR count). The van der Waals surface area contributed by atoms with Gasteiger partial charge < -0.3 is 32.7 Å². The van der Waals surface area contributed by atoms with E-state index >= 15 is 0 Å². The molecule has 0 unspecified atom stereocenters. The van der Waals surface area contributed by atoms with E-state index in [9.17, 15) is 19.2 Å². The third-order valence-corrected chi connectivity index (χ3v) is 4.06. The van der Waals surface area contributed by atoms with Crippen LogP contribution in [0.1, 0.15) is 103 Å². The molecule has 30 heavy (non-hydrogen) atoms.